The van der Waals surface area contributed by atoms with Gasteiger partial charge in [-0.25, -0.2) is 0 Å². The van der Waals surface area contributed by atoms with E-state index in [1.165, 1.54) is 30.5 Å². The molecule has 3 atom stereocenters. The number of aliphatic hydroxyl groups is 1. The van der Waals surface area contributed by atoms with Crippen molar-refractivity contribution < 1.29 is 24.1 Å². The topological polar surface area (TPSA) is 80.3 Å². The van der Waals surface area contributed by atoms with Crippen molar-refractivity contribution in [1.82, 2.24) is 5.32 Å². The number of nitrogens with one attached hydrogen (secondary N) is 1. The molecular formula is C37H58N2O5. The Kier molecular flexibility index (Phi) is 15.3. The number of hydrogen-bond acceptors (Lipinski definition) is 6. The fourth-order valence-corrected chi connectivity index (χ4v) is 6.16. The van der Waals surface area contributed by atoms with E-state index in [4.69, 9.17) is 14.2 Å². The Morgan fingerprint density at radius 3 is 2.36 bits per heavy atom. The van der Waals surface area contributed by atoms with Crippen molar-refractivity contribution in [2.75, 3.05) is 45.4 Å². The van der Waals surface area contributed by atoms with Gasteiger partial charge in [0.25, 0.3) is 0 Å². The average Bonchev–Trinajstić information content (AvgIpc) is 3.03. The highest BCUT2D eigenvalue weighted by atomic mass is 16.5. The number of amides is 1. The number of piperidine rings is 1. The molecule has 246 valence electrons. The molecule has 0 bridgehead atoms. The minimum atomic E-state index is -0.521. The van der Waals surface area contributed by atoms with E-state index >= 15 is 0 Å². The third kappa shape index (κ3) is 11.6. The minimum absolute atomic E-state index is 0.0269. The summed E-state index contributed by atoms with van der Waals surface area (Å²) in [6.07, 6.45) is 7.02. The first-order chi connectivity index (χ1) is 21.2. The molecule has 0 aromatic heterocycles. The van der Waals surface area contributed by atoms with Gasteiger partial charge in [0, 0.05) is 51.4 Å². The molecule has 44 heavy (non-hydrogen) atoms. The van der Waals surface area contributed by atoms with Crippen molar-refractivity contribution in [3.05, 3.63) is 53.6 Å². The second-order valence-electron chi connectivity index (χ2n) is 13.1. The molecule has 7 nitrogen and oxygen atoms in total. The van der Waals surface area contributed by atoms with Gasteiger partial charge in [0.2, 0.25) is 5.91 Å². The second-order valence-corrected chi connectivity index (χ2v) is 13.1. The number of hydrogen-bond donors (Lipinski definition) is 2. The third-order valence-electron chi connectivity index (χ3n) is 9.06. The fourth-order valence-electron chi connectivity index (χ4n) is 6.16. The summed E-state index contributed by atoms with van der Waals surface area (Å²) in [5.74, 6) is 2.29. The normalized spacial score (nSPS) is 15.7. The number of benzene rings is 2. The summed E-state index contributed by atoms with van der Waals surface area (Å²) in [4.78, 5) is 15.7. The lowest BCUT2D eigenvalue weighted by Crippen LogP contribution is -2.35. The molecule has 1 heterocycles. The monoisotopic (exact) mass is 610 g/mol. The first kappa shape index (κ1) is 35.7. The molecule has 1 aliphatic rings. The van der Waals surface area contributed by atoms with Gasteiger partial charge < -0.3 is 29.5 Å². The number of aliphatic hydroxyl groups excluding tert-OH is 1. The van der Waals surface area contributed by atoms with Gasteiger partial charge in [0.05, 0.1) is 19.8 Å². The Morgan fingerprint density at radius 1 is 0.909 bits per heavy atom. The van der Waals surface area contributed by atoms with Crippen LogP contribution in [0.1, 0.15) is 83.8 Å². The zero-order valence-corrected chi connectivity index (χ0v) is 28.1. The summed E-state index contributed by atoms with van der Waals surface area (Å²) in [6, 6.07) is 14.7. The Labute approximate surface area is 266 Å². The molecule has 1 aliphatic heterocycles. The van der Waals surface area contributed by atoms with Crippen LogP contribution in [0.3, 0.4) is 0 Å². The minimum Gasteiger partial charge on any atom is -0.493 e. The summed E-state index contributed by atoms with van der Waals surface area (Å²) in [6.45, 7) is 12.6. The molecule has 2 N–H and O–H groups in total. The van der Waals surface area contributed by atoms with Crippen molar-refractivity contribution in [3.8, 4) is 11.5 Å². The van der Waals surface area contributed by atoms with Crippen LogP contribution < -0.4 is 19.7 Å². The van der Waals surface area contributed by atoms with Crippen molar-refractivity contribution in [2.24, 2.45) is 23.7 Å². The van der Waals surface area contributed by atoms with Crippen LogP contribution in [0.15, 0.2) is 42.5 Å². The van der Waals surface area contributed by atoms with E-state index < -0.39 is 6.10 Å². The standard InChI is InChI=1S/C37H58N2O5/c1-27(2)31(22-29-14-17-35(43-6)36(24-29)44-21-11-20-42-5)15-16-33(40)25-34(28(3)4)37(41)38-26-30-12-10-13-32(23-30)39-18-8-7-9-19-39/h10,12-14,17,23-24,27-28,31,33-34,40H,7-9,11,15-16,18-22,25-26H2,1-6H3,(H,38,41)/t31?,33-,34?/m1/s1. The molecule has 2 aromatic rings. The first-order valence-corrected chi connectivity index (χ1v) is 16.8. The van der Waals surface area contributed by atoms with Gasteiger partial charge in [0.15, 0.2) is 11.5 Å². The Hall–Kier alpha value is -2.77. The fraction of sp³-hybridized carbons (Fsp3) is 0.649. The van der Waals surface area contributed by atoms with E-state index in [0.29, 0.717) is 44.4 Å². The lowest BCUT2D eigenvalue weighted by atomic mass is 9.82. The number of methoxy groups -OCH3 is 2. The quantitative estimate of drug-likeness (QED) is 0.166. The number of carbonyl (C=O) groups is 1. The second kappa shape index (κ2) is 18.9. The average molecular weight is 611 g/mol. The maximum Gasteiger partial charge on any atom is 0.223 e. The number of ether oxygens (including phenoxy) is 3. The maximum absolute atomic E-state index is 13.3. The molecule has 0 aliphatic carbocycles. The van der Waals surface area contributed by atoms with E-state index in [1.54, 1.807) is 14.2 Å². The van der Waals surface area contributed by atoms with Crippen LogP contribution in [0, 0.1) is 23.7 Å². The lowest BCUT2D eigenvalue weighted by molar-refractivity contribution is -0.127. The van der Waals surface area contributed by atoms with Crippen molar-refractivity contribution in [2.45, 2.75) is 91.7 Å². The summed E-state index contributed by atoms with van der Waals surface area (Å²) in [7, 11) is 3.35. The zero-order chi connectivity index (χ0) is 31.9. The van der Waals surface area contributed by atoms with Gasteiger partial charge in [-0.05, 0) is 98.1 Å². The number of anilines is 1. The van der Waals surface area contributed by atoms with Crippen LogP contribution in [0.5, 0.6) is 11.5 Å². The summed E-state index contributed by atoms with van der Waals surface area (Å²) in [5.41, 5.74) is 3.56. The Morgan fingerprint density at radius 2 is 1.68 bits per heavy atom. The molecule has 2 unspecified atom stereocenters. The van der Waals surface area contributed by atoms with Gasteiger partial charge in [-0.3, -0.25) is 4.79 Å². The molecular weight excluding hydrogens is 552 g/mol. The highest BCUT2D eigenvalue weighted by molar-refractivity contribution is 5.79. The van der Waals surface area contributed by atoms with Crippen LogP contribution in [-0.4, -0.2) is 57.6 Å². The predicted molar refractivity (Wildman–Crippen MR) is 180 cm³/mol. The molecule has 0 saturated carbocycles. The van der Waals surface area contributed by atoms with E-state index in [0.717, 1.165) is 49.4 Å². The molecule has 0 spiro atoms. The molecule has 1 amide bonds. The number of carbonyl (C=O) groups excluding carboxylic acids is 1. The van der Waals surface area contributed by atoms with Gasteiger partial charge in [-0.2, -0.15) is 0 Å². The SMILES string of the molecule is COCCCOc1cc(CC(CC[C@@H](O)CC(C(=O)NCc2cccc(N3CCCCC3)c2)C(C)C)C(C)C)ccc1OC. The largest absolute Gasteiger partial charge is 0.493 e. The predicted octanol–water partition coefficient (Wildman–Crippen LogP) is 7.04. The molecule has 1 fully saturated rings. The van der Waals surface area contributed by atoms with Crippen LogP contribution in [0.25, 0.3) is 0 Å². The van der Waals surface area contributed by atoms with E-state index in [1.807, 2.05) is 6.07 Å². The summed E-state index contributed by atoms with van der Waals surface area (Å²) < 4.78 is 16.6. The Balaban J connectivity index is 1.53. The van der Waals surface area contributed by atoms with Gasteiger partial charge >= 0.3 is 0 Å². The highest BCUT2D eigenvalue weighted by Gasteiger charge is 2.26. The van der Waals surface area contributed by atoms with Crippen LogP contribution in [0.2, 0.25) is 0 Å². The van der Waals surface area contributed by atoms with Crippen LogP contribution >= 0.6 is 0 Å². The summed E-state index contributed by atoms with van der Waals surface area (Å²) >= 11 is 0. The van der Waals surface area contributed by atoms with Crippen LogP contribution in [0.4, 0.5) is 5.69 Å². The smallest absolute Gasteiger partial charge is 0.223 e. The zero-order valence-electron chi connectivity index (χ0n) is 28.1. The summed E-state index contributed by atoms with van der Waals surface area (Å²) in [5, 5.41) is 14.3. The first-order valence-electron chi connectivity index (χ1n) is 16.8. The van der Waals surface area contributed by atoms with Crippen molar-refractivity contribution in [1.29, 1.82) is 0 Å². The molecule has 1 saturated heterocycles. The maximum atomic E-state index is 13.3. The molecule has 3 rings (SSSR count). The Bertz CT molecular complexity index is 1110. The van der Waals surface area contributed by atoms with E-state index in [2.05, 4.69) is 74.3 Å². The molecule has 0 radical (unpaired) electrons. The highest BCUT2D eigenvalue weighted by Crippen LogP contribution is 2.32. The lowest BCUT2D eigenvalue weighted by Gasteiger charge is -2.29. The van der Waals surface area contributed by atoms with Crippen molar-refractivity contribution in [3.63, 3.8) is 0 Å². The third-order valence-corrected chi connectivity index (χ3v) is 9.06. The van der Waals surface area contributed by atoms with Gasteiger partial charge in [0.1, 0.15) is 0 Å². The molecule has 7 heteroatoms. The van der Waals surface area contributed by atoms with Crippen molar-refractivity contribution >= 4 is 11.6 Å². The van der Waals surface area contributed by atoms with Crippen LogP contribution in [-0.2, 0) is 22.5 Å². The van der Waals surface area contributed by atoms with Gasteiger partial charge in [-0.1, -0.05) is 45.9 Å². The van der Waals surface area contributed by atoms with E-state index in [9.17, 15) is 9.90 Å². The van der Waals surface area contributed by atoms with E-state index in [-0.39, 0.29) is 17.7 Å². The number of nitrogens with zero attached hydrogens (tertiary/aromatic N) is 1. The molecule has 2 aromatic carbocycles. The van der Waals surface area contributed by atoms with Gasteiger partial charge in [-0.15, -0.1) is 0 Å². The number of rotatable bonds is 19.